The predicted octanol–water partition coefficient (Wildman–Crippen LogP) is 3.82. The first-order valence-electron chi connectivity index (χ1n) is 6.67. The first-order chi connectivity index (χ1) is 9.24. The van der Waals surface area contributed by atoms with Crippen LogP contribution in [0.3, 0.4) is 0 Å². The lowest BCUT2D eigenvalue weighted by atomic mass is 10.1. The molecule has 3 nitrogen and oxygen atoms in total. The second-order valence-electron chi connectivity index (χ2n) is 4.80. The fourth-order valence-electron chi connectivity index (χ4n) is 2.80. The van der Waals surface area contributed by atoms with Crippen LogP contribution in [-0.2, 0) is 12.8 Å². The zero-order valence-electron chi connectivity index (χ0n) is 11.2. The fraction of sp³-hybridized carbons (Fsp3) is 0.400. The number of ether oxygens (including phenoxy) is 1. The highest BCUT2D eigenvalue weighted by atomic mass is 35.5. The molecule has 1 heterocycles. The van der Waals surface area contributed by atoms with E-state index in [4.69, 9.17) is 21.3 Å². The molecule has 1 aliphatic carbocycles. The molecule has 0 bridgehead atoms. The van der Waals surface area contributed by atoms with Crippen molar-refractivity contribution in [2.45, 2.75) is 26.2 Å². The van der Waals surface area contributed by atoms with Gasteiger partial charge in [0.25, 0.3) is 0 Å². The number of anilines is 1. The lowest BCUT2D eigenvalue weighted by Crippen LogP contribution is -2.03. The molecule has 0 saturated carbocycles. The smallest absolute Gasteiger partial charge is 0.139 e. The summed E-state index contributed by atoms with van der Waals surface area (Å²) in [6, 6.07) is 3.89. The van der Waals surface area contributed by atoms with Crippen LogP contribution in [0.1, 0.15) is 24.6 Å². The summed E-state index contributed by atoms with van der Waals surface area (Å²) in [5.74, 6) is 0.682. The number of halogens is 1. The number of aryl methyl sites for hydroxylation is 1. The van der Waals surface area contributed by atoms with Gasteiger partial charge in [-0.2, -0.15) is 0 Å². The van der Waals surface area contributed by atoms with E-state index in [-0.39, 0.29) is 0 Å². The van der Waals surface area contributed by atoms with Crippen molar-refractivity contribution in [1.29, 1.82) is 0 Å². The lowest BCUT2D eigenvalue weighted by Gasteiger charge is -2.14. The van der Waals surface area contributed by atoms with E-state index < -0.39 is 0 Å². The van der Waals surface area contributed by atoms with Crippen LogP contribution in [0.4, 0.5) is 5.69 Å². The van der Waals surface area contributed by atoms with Crippen molar-refractivity contribution in [2.24, 2.45) is 0 Å². The molecule has 0 fully saturated rings. The minimum Gasteiger partial charge on any atom is -0.495 e. The maximum Gasteiger partial charge on any atom is 0.139 e. The molecular weight excluding hydrogens is 260 g/mol. The van der Waals surface area contributed by atoms with E-state index in [0.29, 0.717) is 10.8 Å². The molecular formula is C15H17ClN2O. The van der Waals surface area contributed by atoms with Gasteiger partial charge in [-0.1, -0.05) is 11.6 Å². The van der Waals surface area contributed by atoms with Gasteiger partial charge >= 0.3 is 0 Å². The van der Waals surface area contributed by atoms with Gasteiger partial charge in [-0.3, -0.25) is 4.98 Å². The molecule has 19 heavy (non-hydrogen) atoms. The number of nitrogens with one attached hydrogen (secondary N) is 1. The Morgan fingerprint density at radius 1 is 1.37 bits per heavy atom. The summed E-state index contributed by atoms with van der Waals surface area (Å²) >= 11 is 6.25. The molecule has 1 aliphatic rings. The summed E-state index contributed by atoms with van der Waals surface area (Å²) in [4.78, 5) is 4.77. The first-order valence-corrected chi connectivity index (χ1v) is 7.05. The summed E-state index contributed by atoms with van der Waals surface area (Å²) in [7, 11) is 1.63. The molecule has 1 aromatic carbocycles. The van der Waals surface area contributed by atoms with Gasteiger partial charge in [0.15, 0.2) is 0 Å². The second-order valence-corrected chi connectivity index (χ2v) is 5.21. The third-order valence-electron chi connectivity index (χ3n) is 3.64. The van der Waals surface area contributed by atoms with Gasteiger partial charge < -0.3 is 10.1 Å². The van der Waals surface area contributed by atoms with Gasteiger partial charge in [-0.15, -0.1) is 0 Å². The molecule has 0 spiro atoms. The van der Waals surface area contributed by atoms with Crippen LogP contribution in [0.25, 0.3) is 10.9 Å². The summed E-state index contributed by atoms with van der Waals surface area (Å²) in [5, 5.41) is 5.20. The summed E-state index contributed by atoms with van der Waals surface area (Å²) in [5.41, 5.74) is 4.73. The number of methoxy groups -OCH3 is 1. The van der Waals surface area contributed by atoms with Crippen LogP contribution in [0.5, 0.6) is 5.75 Å². The van der Waals surface area contributed by atoms with E-state index in [1.54, 1.807) is 7.11 Å². The first kappa shape index (κ1) is 12.5. The van der Waals surface area contributed by atoms with Gasteiger partial charge in [0, 0.05) is 29.4 Å². The molecule has 0 aliphatic heterocycles. The van der Waals surface area contributed by atoms with E-state index in [0.717, 1.165) is 30.3 Å². The van der Waals surface area contributed by atoms with Gasteiger partial charge in [-0.05, 0) is 37.8 Å². The zero-order chi connectivity index (χ0) is 13.4. The summed E-state index contributed by atoms with van der Waals surface area (Å²) < 4.78 is 5.28. The van der Waals surface area contributed by atoms with Crippen LogP contribution < -0.4 is 10.1 Å². The number of hydrogen-bond acceptors (Lipinski definition) is 3. The van der Waals surface area contributed by atoms with E-state index in [1.165, 1.54) is 23.4 Å². The number of pyridine rings is 1. The Morgan fingerprint density at radius 3 is 2.95 bits per heavy atom. The highest BCUT2D eigenvalue weighted by Gasteiger charge is 2.20. The maximum absolute atomic E-state index is 6.25. The van der Waals surface area contributed by atoms with Crippen molar-refractivity contribution in [2.75, 3.05) is 19.0 Å². The third kappa shape index (κ3) is 2.02. The van der Waals surface area contributed by atoms with Gasteiger partial charge in [0.1, 0.15) is 5.75 Å². The normalized spacial score (nSPS) is 13.6. The van der Waals surface area contributed by atoms with Crippen molar-refractivity contribution in [3.63, 3.8) is 0 Å². The number of rotatable bonds is 3. The van der Waals surface area contributed by atoms with Crippen molar-refractivity contribution in [3.8, 4) is 5.75 Å². The number of benzene rings is 1. The molecule has 2 aromatic rings. The van der Waals surface area contributed by atoms with Crippen molar-refractivity contribution in [3.05, 3.63) is 28.4 Å². The Kier molecular flexibility index (Phi) is 3.23. The van der Waals surface area contributed by atoms with E-state index >= 15 is 0 Å². The van der Waals surface area contributed by atoms with Crippen LogP contribution in [-0.4, -0.2) is 18.6 Å². The largest absolute Gasteiger partial charge is 0.495 e. The van der Waals surface area contributed by atoms with Crippen LogP contribution in [0, 0.1) is 0 Å². The van der Waals surface area contributed by atoms with Crippen molar-refractivity contribution < 1.29 is 4.74 Å². The average Bonchev–Trinajstić information content (AvgIpc) is 2.86. The number of aromatic nitrogens is 1. The Bertz CT molecular complexity index is 635. The topological polar surface area (TPSA) is 34.2 Å². The molecule has 1 N–H and O–H groups in total. The highest BCUT2D eigenvalue weighted by molar-refractivity contribution is 6.33. The Labute approximate surface area is 117 Å². The average molecular weight is 277 g/mol. The predicted molar refractivity (Wildman–Crippen MR) is 79.5 cm³/mol. The fourth-order valence-corrected chi connectivity index (χ4v) is 3.04. The molecule has 4 heteroatoms. The quantitative estimate of drug-likeness (QED) is 0.925. The minimum absolute atomic E-state index is 0.633. The van der Waals surface area contributed by atoms with Gasteiger partial charge in [0.05, 0.1) is 17.6 Å². The Hall–Kier alpha value is -1.48. The van der Waals surface area contributed by atoms with Crippen LogP contribution in [0.2, 0.25) is 5.02 Å². The van der Waals surface area contributed by atoms with Crippen LogP contribution >= 0.6 is 11.6 Å². The van der Waals surface area contributed by atoms with Gasteiger partial charge in [0.2, 0.25) is 0 Å². The van der Waals surface area contributed by atoms with E-state index in [1.807, 2.05) is 12.1 Å². The van der Waals surface area contributed by atoms with Crippen molar-refractivity contribution >= 4 is 28.2 Å². The molecule has 0 unspecified atom stereocenters. The highest BCUT2D eigenvalue weighted by Crippen LogP contribution is 2.38. The van der Waals surface area contributed by atoms with Crippen LogP contribution in [0.15, 0.2) is 12.1 Å². The molecule has 3 rings (SSSR count). The SMILES string of the molecule is CCNc1c2c(nc3cc(OC)c(Cl)cc13)CCC2. The third-order valence-corrected chi connectivity index (χ3v) is 3.93. The number of nitrogens with zero attached hydrogens (tertiary/aromatic N) is 1. The maximum atomic E-state index is 6.25. The lowest BCUT2D eigenvalue weighted by molar-refractivity contribution is 0.415. The summed E-state index contributed by atoms with van der Waals surface area (Å²) in [6.45, 7) is 3.01. The number of hydrogen-bond donors (Lipinski definition) is 1. The molecule has 0 saturated heterocycles. The van der Waals surface area contributed by atoms with Gasteiger partial charge in [-0.25, -0.2) is 0 Å². The number of fused-ring (bicyclic) bond motifs is 2. The summed E-state index contributed by atoms with van der Waals surface area (Å²) in [6.07, 6.45) is 3.35. The second kappa shape index (κ2) is 4.89. The standard InChI is InChI=1S/C15H17ClN2O/c1-3-17-15-9-5-4-6-12(9)18-13-8-14(19-2)11(16)7-10(13)15/h7-8H,3-6H2,1-2H3,(H,17,18). The Morgan fingerprint density at radius 2 is 2.21 bits per heavy atom. The molecule has 100 valence electrons. The molecule has 0 radical (unpaired) electrons. The van der Waals surface area contributed by atoms with Crippen molar-refractivity contribution in [1.82, 2.24) is 4.98 Å². The minimum atomic E-state index is 0.633. The monoisotopic (exact) mass is 276 g/mol. The molecule has 1 aromatic heterocycles. The molecule has 0 amide bonds. The van der Waals surface area contributed by atoms with E-state index in [9.17, 15) is 0 Å². The Balaban J connectivity index is 2.31. The molecule has 0 atom stereocenters. The zero-order valence-corrected chi connectivity index (χ0v) is 12.0. The van der Waals surface area contributed by atoms with E-state index in [2.05, 4.69) is 12.2 Å².